The maximum absolute atomic E-state index is 12.2. The van der Waals surface area contributed by atoms with Crippen LogP contribution < -0.4 is 5.36 Å². The van der Waals surface area contributed by atoms with E-state index in [1.54, 1.807) is 25.1 Å². The molecule has 1 N–H and O–H groups in total. The zero-order chi connectivity index (χ0) is 24.2. The molecule has 0 aromatic heterocycles. The van der Waals surface area contributed by atoms with Gasteiger partial charge in [-0.05, 0) is 49.2 Å². The Kier molecular flexibility index (Phi) is 2.82. The Morgan fingerprint density at radius 1 is 1.15 bits per heavy atom. The third kappa shape index (κ3) is 2.99. The highest BCUT2D eigenvalue weighted by Crippen LogP contribution is 2.41. The van der Waals surface area contributed by atoms with Gasteiger partial charge in [0, 0.05) is 29.1 Å². The van der Waals surface area contributed by atoms with E-state index < -0.39 is 35.7 Å². The number of fused-ring (bicyclic) bond motifs is 2. The van der Waals surface area contributed by atoms with E-state index in [2.05, 4.69) is 4.99 Å². The number of aromatic carboxylic acids is 1. The molecule has 0 saturated carbocycles. The van der Waals surface area contributed by atoms with Gasteiger partial charge in [-0.25, -0.2) is 4.79 Å². The molecule has 27 heavy (non-hydrogen) atoms. The molecule has 0 saturated heterocycles. The summed E-state index contributed by atoms with van der Waals surface area (Å²) in [5, 5.41) is 10.6. The summed E-state index contributed by atoms with van der Waals surface area (Å²) in [4.78, 5) is 16.5. The summed E-state index contributed by atoms with van der Waals surface area (Å²) in [6.07, 6.45) is 0. The molecular weight excluding hydrogens is 338 g/mol. The molecule has 2 aromatic carbocycles. The van der Waals surface area contributed by atoms with E-state index >= 15 is 0 Å². The summed E-state index contributed by atoms with van der Waals surface area (Å²) < 4.78 is 56.0. The van der Waals surface area contributed by atoms with Crippen LogP contribution in [0.1, 0.15) is 31.1 Å². The number of carboxylic acid groups (broad SMARTS) is 1. The normalized spacial score (nSPS) is 15.1. The molecule has 1 heterocycles. The van der Waals surface area contributed by atoms with E-state index in [0.29, 0.717) is 11.9 Å². The van der Waals surface area contributed by atoms with Crippen LogP contribution in [0.2, 0.25) is 0 Å². The van der Waals surface area contributed by atoms with Crippen LogP contribution in [0.5, 0.6) is 0 Å². The van der Waals surface area contributed by atoms with Crippen molar-refractivity contribution in [1.29, 1.82) is 0 Å². The lowest BCUT2D eigenvalue weighted by Crippen LogP contribution is -2.05. The van der Waals surface area contributed by atoms with Gasteiger partial charge in [-0.15, -0.1) is 0 Å². The minimum atomic E-state index is -1.54. The zero-order valence-electron chi connectivity index (χ0n) is 20.7. The van der Waals surface area contributed by atoms with Gasteiger partial charge in [0.05, 0.1) is 19.1 Å². The van der Waals surface area contributed by atoms with Crippen LogP contribution >= 0.6 is 0 Å². The first-order valence-electron chi connectivity index (χ1n) is 11.4. The third-order valence-electron chi connectivity index (χ3n) is 4.15. The minimum Gasteiger partial charge on any atom is -0.478 e. The second-order valence-corrected chi connectivity index (χ2v) is 6.02. The van der Waals surface area contributed by atoms with Crippen molar-refractivity contribution in [2.75, 3.05) is 6.54 Å². The summed E-state index contributed by atoms with van der Waals surface area (Å²) in [5.41, 5.74) is 0.229. The summed E-state index contributed by atoms with van der Waals surface area (Å²) in [6.45, 7) is 4.08. The van der Waals surface area contributed by atoms with Gasteiger partial charge in [0.2, 0.25) is 0 Å². The van der Waals surface area contributed by atoms with E-state index in [1.165, 1.54) is 6.07 Å². The SMILES string of the molecule is [2H]c1cc(=NCC)cc2oc3cc(C)cc([2H])c3c(-c3c([2H])c([2H])c([2H])c([2H])c3C(=O)O)c1-2. The Balaban J connectivity index is 2.38. The van der Waals surface area contributed by atoms with Crippen molar-refractivity contribution in [3.8, 4) is 22.5 Å². The summed E-state index contributed by atoms with van der Waals surface area (Å²) in [5.74, 6) is -1.34. The molecule has 4 heteroatoms. The van der Waals surface area contributed by atoms with Crippen molar-refractivity contribution in [2.45, 2.75) is 13.8 Å². The van der Waals surface area contributed by atoms with Gasteiger partial charge in [-0.1, -0.05) is 30.2 Å². The lowest BCUT2D eigenvalue weighted by Gasteiger charge is -2.17. The molecule has 134 valence electrons. The number of aryl methyl sites for hydroxylation is 1. The second kappa shape index (κ2) is 6.72. The van der Waals surface area contributed by atoms with Crippen LogP contribution in [0, 0.1) is 6.92 Å². The highest BCUT2D eigenvalue weighted by Gasteiger charge is 2.20. The van der Waals surface area contributed by atoms with Gasteiger partial charge in [-0.3, -0.25) is 4.99 Å². The van der Waals surface area contributed by atoms with Gasteiger partial charge in [0.25, 0.3) is 0 Å². The zero-order valence-corrected chi connectivity index (χ0v) is 14.7. The first-order chi connectivity index (χ1) is 15.6. The Labute approximate surface area is 165 Å². The summed E-state index contributed by atoms with van der Waals surface area (Å²) in [7, 11) is 0. The lowest BCUT2D eigenvalue weighted by molar-refractivity contribution is 0.0697. The van der Waals surface area contributed by atoms with Crippen molar-refractivity contribution >= 4 is 16.9 Å². The lowest BCUT2D eigenvalue weighted by atomic mass is 9.90. The molecule has 0 radical (unpaired) electrons. The van der Waals surface area contributed by atoms with Crippen molar-refractivity contribution in [3.05, 3.63) is 77.0 Å². The Bertz CT molecular complexity index is 1510. The first-order valence-corrected chi connectivity index (χ1v) is 8.39. The standard InChI is InChI=1S/C23H19NO3/c1-3-24-15-9-11-19-21(13-15)27-20-12-14(2)8-10-18(20)22(19)16-6-4-5-7-17(16)23(25)26/h4-13H,3H2,1-2H3,(H,25,26)/i4D,5D,6D,7D,10D,11D. The van der Waals surface area contributed by atoms with E-state index in [4.69, 9.17) is 12.6 Å². The van der Waals surface area contributed by atoms with Gasteiger partial charge in [0.15, 0.2) is 0 Å². The fourth-order valence-electron chi connectivity index (χ4n) is 3.02. The fourth-order valence-corrected chi connectivity index (χ4v) is 3.02. The molecule has 0 fully saturated rings. The average molecular weight is 363 g/mol. The molecule has 0 atom stereocenters. The van der Waals surface area contributed by atoms with Gasteiger partial charge >= 0.3 is 5.97 Å². The number of hydrogen-bond acceptors (Lipinski definition) is 3. The van der Waals surface area contributed by atoms with Crippen molar-refractivity contribution in [3.63, 3.8) is 0 Å². The maximum Gasteiger partial charge on any atom is 0.336 e. The molecule has 2 aliphatic rings. The predicted molar refractivity (Wildman–Crippen MR) is 106 cm³/mol. The highest BCUT2D eigenvalue weighted by molar-refractivity contribution is 6.07. The number of carbonyl (C=O) groups is 1. The number of hydrogen-bond donors (Lipinski definition) is 1. The molecule has 0 amide bonds. The molecule has 0 unspecified atom stereocenters. The van der Waals surface area contributed by atoms with Crippen molar-refractivity contribution < 1.29 is 22.5 Å². The van der Waals surface area contributed by atoms with Crippen molar-refractivity contribution in [2.24, 2.45) is 4.99 Å². The molecule has 1 aliphatic carbocycles. The van der Waals surface area contributed by atoms with E-state index in [-0.39, 0.29) is 45.5 Å². The molecule has 4 nitrogen and oxygen atoms in total. The molecule has 0 spiro atoms. The van der Waals surface area contributed by atoms with Crippen LogP contribution in [0.25, 0.3) is 33.4 Å². The Morgan fingerprint density at radius 3 is 2.74 bits per heavy atom. The molecule has 0 bridgehead atoms. The molecule has 2 aromatic rings. The van der Waals surface area contributed by atoms with E-state index in [1.807, 2.05) is 6.92 Å². The Morgan fingerprint density at radius 2 is 1.96 bits per heavy atom. The van der Waals surface area contributed by atoms with Crippen LogP contribution in [0.3, 0.4) is 0 Å². The predicted octanol–water partition coefficient (Wildman–Crippen LogP) is 5.13. The molecule has 4 rings (SSSR count). The van der Waals surface area contributed by atoms with Crippen LogP contribution in [0.4, 0.5) is 0 Å². The van der Waals surface area contributed by atoms with Gasteiger partial charge in [0.1, 0.15) is 11.3 Å². The number of carboxylic acids is 1. The first kappa shape index (κ1) is 11.3. The highest BCUT2D eigenvalue weighted by atomic mass is 16.4. The smallest absolute Gasteiger partial charge is 0.336 e. The Hall–Kier alpha value is -3.40. The van der Waals surface area contributed by atoms with E-state index in [9.17, 15) is 9.90 Å². The number of rotatable bonds is 3. The largest absolute Gasteiger partial charge is 0.478 e. The molecule has 1 aliphatic heterocycles. The monoisotopic (exact) mass is 363 g/mol. The topological polar surface area (TPSA) is 62.8 Å². The van der Waals surface area contributed by atoms with Gasteiger partial charge < -0.3 is 9.52 Å². The summed E-state index contributed by atoms with van der Waals surface area (Å²) in [6, 6.07) is 3.64. The van der Waals surface area contributed by atoms with E-state index in [0.717, 1.165) is 5.56 Å². The molecular formula is C23H19NO3. The van der Waals surface area contributed by atoms with Crippen LogP contribution in [-0.2, 0) is 0 Å². The van der Waals surface area contributed by atoms with Crippen LogP contribution in [-0.4, -0.2) is 17.6 Å². The summed E-state index contributed by atoms with van der Waals surface area (Å²) >= 11 is 0. The van der Waals surface area contributed by atoms with Crippen LogP contribution in [0.15, 0.2) is 69.9 Å². The minimum absolute atomic E-state index is 0.0175. The quantitative estimate of drug-likeness (QED) is 0.513. The van der Waals surface area contributed by atoms with Crippen molar-refractivity contribution in [1.82, 2.24) is 0 Å². The fraction of sp³-hybridized carbons (Fsp3) is 0.130. The maximum atomic E-state index is 12.2. The number of benzene rings is 3. The second-order valence-electron chi connectivity index (χ2n) is 6.02. The van der Waals surface area contributed by atoms with Gasteiger partial charge in [-0.2, -0.15) is 0 Å². The average Bonchev–Trinajstić information content (AvgIpc) is 2.73. The number of nitrogens with zero attached hydrogens (tertiary/aromatic N) is 1. The third-order valence-corrected chi connectivity index (χ3v) is 4.15.